The average Bonchev–Trinajstić information content (AvgIpc) is 2.45. The molecule has 0 aliphatic carbocycles. The number of carboxylic acid groups (broad SMARTS) is 1. The van der Waals surface area contributed by atoms with E-state index < -0.39 is 16.8 Å². The quantitative estimate of drug-likeness (QED) is 0.659. The third-order valence-corrected chi connectivity index (χ3v) is 3.48. The Hall–Kier alpha value is -2.69. The lowest BCUT2D eigenvalue weighted by Gasteiger charge is -2.35. The summed E-state index contributed by atoms with van der Waals surface area (Å²) in [4.78, 5) is 27.3. The van der Waals surface area contributed by atoms with E-state index in [1.54, 1.807) is 4.90 Å². The van der Waals surface area contributed by atoms with Gasteiger partial charge in [-0.3, -0.25) is 14.9 Å². The molecule has 2 heterocycles. The molecule has 1 aliphatic heterocycles. The predicted molar refractivity (Wildman–Crippen MR) is 72.7 cm³/mol. The number of nitro groups is 1. The molecule has 0 bridgehead atoms. The van der Waals surface area contributed by atoms with Crippen LogP contribution in [0.5, 0.6) is 0 Å². The highest BCUT2D eigenvalue weighted by molar-refractivity contribution is 5.72. The zero-order valence-electron chi connectivity index (χ0n) is 11.4. The zero-order valence-corrected chi connectivity index (χ0v) is 11.4. The first-order chi connectivity index (χ1) is 9.92. The molecular weight excluding hydrogens is 276 g/mol. The van der Waals surface area contributed by atoms with Crippen molar-refractivity contribution in [2.75, 3.05) is 18.0 Å². The molecule has 2 rings (SSSR count). The van der Waals surface area contributed by atoms with Crippen molar-refractivity contribution in [3.05, 3.63) is 27.9 Å². The maximum absolute atomic E-state index is 11.2. The van der Waals surface area contributed by atoms with Crippen molar-refractivity contribution in [2.24, 2.45) is 11.8 Å². The van der Waals surface area contributed by atoms with Gasteiger partial charge in [0, 0.05) is 25.4 Å². The lowest BCUT2D eigenvalue weighted by Crippen LogP contribution is -2.43. The fourth-order valence-electron chi connectivity index (χ4n) is 2.59. The molecule has 1 saturated heterocycles. The van der Waals surface area contributed by atoms with Crippen LogP contribution in [0.25, 0.3) is 0 Å². The van der Waals surface area contributed by atoms with Gasteiger partial charge < -0.3 is 10.0 Å². The number of hydrogen-bond acceptors (Lipinski definition) is 6. The van der Waals surface area contributed by atoms with Crippen LogP contribution in [0, 0.1) is 33.3 Å². The minimum Gasteiger partial charge on any atom is -0.481 e. The normalized spacial score (nSPS) is 21.6. The second-order valence-electron chi connectivity index (χ2n) is 5.22. The second-order valence-corrected chi connectivity index (χ2v) is 5.22. The van der Waals surface area contributed by atoms with Gasteiger partial charge in [-0.15, -0.1) is 0 Å². The van der Waals surface area contributed by atoms with Crippen LogP contribution in [0.4, 0.5) is 11.5 Å². The van der Waals surface area contributed by atoms with Crippen LogP contribution >= 0.6 is 0 Å². The van der Waals surface area contributed by atoms with E-state index in [1.165, 1.54) is 6.20 Å². The molecule has 0 spiro atoms. The molecule has 2 atom stereocenters. The first-order valence-corrected chi connectivity index (χ1v) is 6.44. The van der Waals surface area contributed by atoms with Crippen LogP contribution in [0.1, 0.15) is 18.9 Å². The Morgan fingerprint density at radius 3 is 2.90 bits per heavy atom. The highest BCUT2D eigenvalue weighted by Crippen LogP contribution is 2.31. The van der Waals surface area contributed by atoms with E-state index in [1.807, 2.05) is 13.0 Å². The van der Waals surface area contributed by atoms with Crippen molar-refractivity contribution in [1.29, 1.82) is 5.26 Å². The highest BCUT2D eigenvalue weighted by Gasteiger charge is 2.33. The molecular formula is C13H14N4O4. The van der Waals surface area contributed by atoms with Crippen LogP contribution in [0.2, 0.25) is 0 Å². The largest absolute Gasteiger partial charge is 0.481 e. The lowest BCUT2D eigenvalue weighted by molar-refractivity contribution is -0.384. The predicted octanol–water partition coefficient (Wildman–Crippen LogP) is 1.41. The number of aromatic nitrogens is 1. The van der Waals surface area contributed by atoms with Gasteiger partial charge in [-0.2, -0.15) is 5.26 Å². The number of hydrogen-bond donors (Lipinski definition) is 1. The van der Waals surface area contributed by atoms with Crippen molar-refractivity contribution in [3.63, 3.8) is 0 Å². The Bertz CT molecular complexity index is 625. The van der Waals surface area contributed by atoms with E-state index in [0.717, 1.165) is 6.07 Å². The van der Waals surface area contributed by atoms with Gasteiger partial charge in [0.2, 0.25) is 5.82 Å². The van der Waals surface area contributed by atoms with Crippen molar-refractivity contribution < 1.29 is 14.8 Å². The van der Waals surface area contributed by atoms with Gasteiger partial charge in [-0.05, 0) is 12.3 Å². The Kier molecular flexibility index (Phi) is 4.03. The molecule has 0 aromatic carbocycles. The molecule has 1 N–H and O–H groups in total. The number of piperidine rings is 1. The fraction of sp³-hybridized carbons (Fsp3) is 0.462. The summed E-state index contributed by atoms with van der Waals surface area (Å²) >= 11 is 0. The van der Waals surface area contributed by atoms with Gasteiger partial charge in [0.25, 0.3) is 0 Å². The third-order valence-electron chi connectivity index (χ3n) is 3.48. The summed E-state index contributed by atoms with van der Waals surface area (Å²) in [6.07, 6.45) is 1.80. The van der Waals surface area contributed by atoms with Crippen molar-refractivity contribution in [3.8, 4) is 6.07 Å². The molecule has 0 radical (unpaired) electrons. The lowest BCUT2D eigenvalue weighted by atomic mass is 9.90. The first-order valence-electron chi connectivity index (χ1n) is 6.44. The maximum Gasteiger partial charge on any atom is 0.312 e. The Balaban J connectivity index is 2.38. The first kappa shape index (κ1) is 14.7. The number of carboxylic acids is 1. The topological polar surface area (TPSA) is 120 Å². The number of pyridine rings is 1. The summed E-state index contributed by atoms with van der Waals surface area (Å²) < 4.78 is 0. The summed E-state index contributed by atoms with van der Waals surface area (Å²) in [5.74, 6) is -1.28. The molecule has 21 heavy (non-hydrogen) atoms. The smallest absolute Gasteiger partial charge is 0.312 e. The van der Waals surface area contributed by atoms with Gasteiger partial charge in [0.15, 0.2) is 0 Å². The van der Waals surface area contributed by atoms with Crippen LogP contribution in [-0.2, 0) is 4.79 Å². The van der Waals surface area contributed by atoms with Crippen LogP contribution in [-0.4, -0.2) is 34.1 Å². The van der Waals surface area contributed by atoms with Crippen LogP contribution < -0.4 is 4.90 Å². The summed E-state index contributed by atoms with van der Waals surface area (Å²) in [6.45, 7) is 2.58. The maximum atomic E-state index is 11.2. The van der Waals surface area contributed by atoms with Crippen LogP contribution in [0.3, 0.4) is 0 Å². The van der Waals surface area contributed by atoms with Crippen molar-refractivity contribution in [2.45, 2.75) is 13.3 Å². The Morgan fingerprint density at radius 2 is 2.33 bits per heavy atom. The number of nitrogens with zero attached hydrogens (tertiary/aromatic N) is 4. The molecule has 1 aliphatic rings. The molecule has 8 nitrogen and oxygen atoms in total. The van der Waals surface area contributed by atoms with E-state index in [2.05, 4.69) is 4.98 Å². The van der Waals surface area contributed by atoms with E-state index in [-0.39, 0.29) is 29.5 Å². The molecule has 1 aromatic rings. The van der Waals surface area contributed by atoms with E-state index in [4.69, 9.17) is 10.4 Å². The number of anilines is 1. The molecule has 1 aromatic heterocycles. The minimum absolute atomic E-state index is 0.0943. The average molecular weight is 290 g/mol. The summed E-state index contributed by atoms with van der Waals surface area (Å²) in [5, 5.41) is 29.1. The second kappa shape index (κ2) is 5.75. The summed E-state index contributed by atoms with van der Waals surface area (Å²) in [7, 11) is 0. The molecule has 8 heteroatoms. The summed E-state index contributed by atoms with van der Waals surface area (Å²) in [6, 6.07) is 2.97. The number of nitriles is 1. The van der Waals surface area contributed by atoms with Gasteiger partial charge >= 0.3 is 11.7 Å². The van der Waals surface area contributed by atoms with Gasteiger partial charge in [-0.1, -0.05) is 6.92 Å². The number of aliphatic carboxylic acids is 1. The van der Waals surface area contributed by atoms with Crippen LogP contribution in [0.15, 0.2) is 12.3 Å². The Morgan fingerprint density at radius 1 is 1.62 bits per heavy atom. The minimum atomic E-state index is -0.914. The standard InChI is InChI=1S/C13H14N4O4/c1-8-2-10(13(18)19)7-16(6-8)12-11(17(20)21)3-9(4-14)5-15-12/h3,5,8,10H,2,6-7H2,1H3,(H,18,19). The molecule has 0 saturated carbocycles. The fourth-order valence-corrected chi connectivity index (χ4v) is 2.59. The van der Waals surface area contributed by atoms with Gasteiger partial charge in [0.05, 0.1) is 16.4 Å². The molecule has 110 valence electrons. The van der Waals surface area contributed by atoms with Gasteiger partial charge in [0.1, 0.15) is 6.07 Å². The van der Waals surface area contributed by atoms with E-state index in [9.17, 15) is 14.9 Å². The van der Waals surface area contributed by atoms with Gasteiger partial charge in [-0.25, -0.2) is 4.98 Å². The van der Waals surface area contributed by atoms with E-state index >= 15 is 0 Å². The van der Waals surface area contributed by atoms with Crippen molar-refractivity contribution in [1.82, 2.24) is 4.98 Å². The monoisotopic (exact) mass is 290 g/mol. The summed E-state index contributed by atoms with van der Waals surface area (Å²) in [5.41, 5.74) is -0.169. The molecule has 1 fully saturated rings. The van der Waals surface area contributed by atoms with Crippen molar-refractivity contribution >= 4 is 17.5 Å². The highest BCUT2D eigenvalue weighted by atomic mass is 16.6. The third kappa shape index (κ3) is 3.08. The Labute approximate surface area is 120 Å². The molecule has 0 amide bonds. The number of carbonyl (C=O) groups is 1. The van der Waals surface area contributed by atoms with E-state index in [0.29, 0.717) is 13.0 Å². The number of rotatable bonds is 3. The SMILES string of the molecule is CC1CC(C(=O)O)CN(c2ncc(C#N)cc2[N+](=O)[O-])C1. The molecule has 2 unspecified atom stereocenters. The zero-order chi connectivity index (χ0) is 15.6.